The first-order valence-corrected chi connectivity index (χ1v) is 4.90. The van der Waals surface area contributed by atoms with Crippen molar-refractivity contribution in [2.75, 3.05) is 0 Å². The Hall–Kier alpha value is -0.800. The second kappa shape index (κ2) is 3.16. The third-order valence-corrected chi connectivity index (χ3v) is 2.69. The second-order valence-electron chi connectivity index (χ2n) is 3.13. The number of benzene rings is 1. The van der Waals surface area contributed by atoms with E-state index in [1.54, 1.807) is 6.26 Å². The molecule has 2 nitrogen and oxygen atoms in total. The predicted molar refractivity (Wildman–Crippen MR) is 56.5 cm³/mol. The molecule has 3 heteroatoms. The molecule has 0 spiro atoms. The maximum atomic E-state index is 5.78. The standard InChI is InChI=1S/C10H10BrNO/c1-6(12)7-2-3-10-8(4-7)9(11)5-13-10/h2-6H,12H2,1H3. The van der Waals surface area contributed by atoms with Gasteiger partial charge in [0.15, 0.2) is 0 Å². The molecule has 0 saturated heterocycles. The SMILES string of the molecule is CC(N)c1ccc2occ(Br)c2c1. The topological polar surface area (TPSA) is 39.2 Å². The number of rotatable bonds is 1. The van der Waals surface area contributed by atoms with Gasteiger partial charge in [0.05, 0.1) is 4.47 Å². The Morgan fingerprint density at radius 1 is 1.46 bits per heavy atom. The van der Waals surface area contributed by atoms with Crippen LogP contribution in [0.3, 0.4) is 0 Å². The maximum Gasteiger partial charge on any atom is 0.135 e. The van der Waals surface area contributed by atoms with Gasteiger partial charge >= 0.3 is 0 Å². The van der Waals surface area contributed by atoms with E-state index >= 15 is 0 Å². The second-order valence-corrected chi connectivity index (χ2v) is 3.98. The summed E-state index contributed by atoms with van der Waals surface area (Å²) in [5.74, 6) is 0. The Balaban J connectivity index is 2.66. The van der Waals surface area contributed by atoms with E-state index < -0.39 is 0 Å². The Morgan fingerprint density at radius 3 is 2.92 bits per heavy atom. The molecular weight excluding hydrogens is 230 g/mol. The quantitative estimate of drug-likeness (QED) is 0.831. The fraction of sp³-hybridized carbons (Fsp3) is 0.200. The van der Waals surface area contributed by atoms with Gasteiger partial charge in [0, 0.05) is 11.4 Å². The van der Waals surface area contributed by atoms with Crippen molar-refractivity contribution >= 4 is 26.9 Å². The largest absolute Gasteiger partial charge is 0.463 e. The highest BCUT2D eigenvalue weighted by Crippen LogP contribution is 2.27. The van der Waals surface area contributed by atoms with Gasteiger partial charge in [-0.25, -0.2) is 0 Å². The summed E-state index contributed by atoms with van der Waals surface area (Å²) < 4.78 is 6.27. The highest BCUT2D eigenvalue weighted by Gasteiger charge is 2.05. The lowest BCUT2D eigenvalue weighted by Gasteiger charge is -2.04. The zero-order chi connectivity index (χ0) is 9.42. The highest BCUT2D eigenvalue weighted by molar-refractivity contribution is 9.10. The van der Waals surface area contributed by atoms with E-state index in [0.29, 0.717) is 0 Å². The molecule has 1 aromatic carbocycles. The van der Waals surface area contributed by atoms with Crippen LogP contribution in [0.4, 0.5) is 0 Å². The lowest BCUT2D eigenvalue weighted by atomic mass is 10.1. The summed E-state index contributed by atoms with van der Waals surface area (Å²) in [7, 11) is 0. The molecule has 1 aromatic heterocycles. The average Bonchev–Trinajstić information content (AvgIpc) is 2.47. The lowest BCUT2D eigenvalue weighted by Crippen LogP contribution is -2.04. The van der Waals surface area contributed by atoms with Crippen molar-refractivity contribution in [3.8, 4) is 0 Å². The highest BCUT2D eigenvalue weighted by atomic mass is 79.9. The van der Waals surface area contributed by atoms with Gasteiger partial charge in [-0.2, -0.15) is 0 Å². The Kier molecular flexibility index (Phi) is 2.14. The van der Waals surface area contributed by atoms with E-state index in [1.807, 2.05) is 25.1 Å². The fourth-order valence-electron chi connectivity index (χ4n) is 1.30. The zero-order valence-corrected chi connectivity index (χ0v) is 8.84. The molecule has 0 aliphatic carbocycles. The van der Waals surface area contributed by atoms with Crippen LogP contribution in [0.25, 0.3) is 11.0 Å². The number of fused-ring (bicyclic) bond motifs is 1. The van der Waals surface area contributed by atoms with Crippen LogP contribution in [0.5, 0.6) is 0 Å². The fourth-order valence-corrected chi connectivity index (χ4v) is 1.70. The van der Waals surface area contributed by atoms with E-state index in [0.717, 1.165) is 21.0 Å². The molecule has 0 aliphatic heterocycles. The van der Waals surface area contributed by atoms with E-state index in [9.17, 15) is 0 Å². The Labute approximate surface area is 84.8 Å². The summed E-state index contributed by atoms with van der Waals surface area (Å²) in [5.41, 5.74) is 7.78. The van der Waals surface area contributed by atoms with Gasteiger partial charge < -0.3 is 10.2 Å². The van der Waals surface area contributed by atoms with Crippen LogP contribution >= 0.6 is 15.9 Å². The molecule has 0 radical (unpaired) electrons. The number of halogens is 1. The van der Waals surface area contributed by atoms with Gasteiger partial charge in [-0.05, 0) is 40.5 Å². The van der Waals surface area contributed by atoms with Crippen LogP contribution in [0.2, 0.25) is 0 Å². The molecule has 0 fully saturated rings. The first-order chi connectivity index (χ1) is 6.18. The Bertz CT molecular complexity index is 433. The third kappa shape index (κ3) is 1.49. The van der Waals surface area contributed by atoms with Crippen molar-refractivity contribution in [1.82, 2.24) is 0 Å². The minimum atomic E-state index is 0.0613. The summed E-state index contributed by atoms with van der Waals surface area (Å²) in [6.07, 6.45) is 1.69. The number of furan rings is 1. The van der Waals surface area contributed by atoms with Crippen LogP contribution in [0, 0.1) is 0 Å². The first kappa shape index (κ1) is 8.78. The molecule has 68 valence electrons. The van der Waals surface area contributed by atoms with E-state index in [-0.39, 0.29) is 6.04 Å². The third-order valence-electron chi connectivity index (χ3n) is 2.08. The number of hydrogen-bond donors (Lipinski definition) is 1. The number of hydrogen-bond acceptors (Lipinski definition) is 2. The molecular formula is C10H10BrNO. The van der Waals surface area contributed by atoms with Crippen LogP contribution in [-0.2, 0) is 0 Å². The summed E-state index contributed by atoms with van der Waals surface area (Å²) in [4.78, 5) is 0. The summed E-state index contributed by atoms with van der Waals surface area (Å²) in [6, 6.07) is 6.04. The van der Waals surface area contributed by atoms with E-state index in [2.05, 4.69) is 15.9 Å². The zero-order valence-electron chi connectivity index (χ0n) is 7.25. The molecule has 0 saturated carbocycles. The van der Waals surface area contributed by atoms with Gasteiger partial charge in [0.1, 0.15) is 11.8 Å². The average molecular weight is 240 g/mol. The molecule has 2 N–H and O–H groups in total. The van der Waals surface area contributed by atoms with E-state index in [4.69, 9.17) is 10.2 Å². The monoisotopic (exact) mass is 239 g/mol. The summed E-state index contributed by atoms with van der Waals surface area (Å²) >= 11 is 3.42. The van der Waals surface area contributed by atoms with Crippen molar-refractivity contribution < 1.29 is 4.42 Å². The maximum absolute atomic E-state index is 5.78. The van der Waals surface area contributed by atoms with Crippen molar-refractivity contribution in [1.29, 1.82) is 0 Å². The minimum absolute atomic E-state index is 0.0613. The molecule has 1 heterocycles. The molecule has 2 rings (SSSR count). The van der Waals surface area contributed by atoms with Crippen molar-refractivity contribution in [3.63, 3.8) is 0 Å². The van der Waals surface area contributed by atoms with Crippen molar-refractivity contribution in [2.24, 2.45) is 5.73 Å². The molecule has 1 atom stereocenters. The van der Waals surface area contributed by atoms with Gasteiger partial charge in [-0.3, -0.25) is 0 Å². The van der Waals surface area contributed by atoms with Gasteiger partial charge in [-0.1, -0.05) is 6.07 Å². The normalized spacial score (nSPS) is 13.5. The predicted octanol–water partition coefficient (Wildman–Crippen LogP) is 3.22. The smallest absolute Gasteiger partial charge is 0.135 e. The Morgan fingerprint density at radius 2 is 2.23 bits per heavy atom. The molecule has 13 heavy (non-hydrogen) atoms. The van der Waals surface area contributed by atoms with Gasteiger partial charge in [0.2, 0.25) is 0 Å². The summed E-state index contributed by atoms with van der Waals surface area (Å²) in [5, 5.41) is 1.08. The molecule has 1 unspecified atom stereocenters. The minimum Gasteiger partial charge on any atom is -0.463 e. The van der Waals surface area contributed by atoms with Crippen molar-refractivity contribution in [2.45, 2.75) is 13.0 Å². The van der Waals surface area contributed by atoms with Crippen LogP contribution < -0.4 is 5.73 Å². The lowest BCUT2D eigenvalue weighted by molar-refractivity contribution is 0.613. The van der Waals surface area contributed by atoms with Crippen LogP contribution in [0.1, 0.15) is 18.5 Å². The van der Waals surface area contributed by atoms with Gasteiger partial charge in [0.25, 0.3) is 0 Å². The van der Waals surface area contributed by atoms with Crippen LogP contribution in [-0.4, -0.2) is 0 Å². The molecule has 2 aromatic rings. The molecule has 0 bridgehead atoms. The van der Waals surface area contributed by atoms with Crippen molar-refractivity contribution in [3.05, 3.63) is 34.5 Å². The summed E-state index contributed by atoms with van der Waals surface area (Å²) in [6.45, 7) is 1.97. The van der Waals surface area contributed by atoms with Crippen LogP contribution in [0.15, 0.2) is 33.4 Å². The van der Waals surface area contributed by atoms with Gasteiger partial charge in [-0.15, -0.1) is 0 Å². The van der Waals surface area contributed by atoms with E-state index in [1.165, 1.54) is 0 Å². The first-order valence-electron chi connectivity index (χ1n) is 4.10. The molecule has 0 amide bonds. The molecule has 0 aliphatic rings. The number of nitrogens with two attached hydrogens (primary N) is 1.